The summed E-state index contributed by atoms with van der Waals surface area (Å²) in [7, 11) is 0. The molecule has 0 radical (unpaired) electrons. The fourth-order valence-electron chi connectivity index (χ4n) is 2.56. The zero-order valence-corrected chi connectivity index (χ0v) is 9.39. The van der Waals surface area contributed by atoms with Crippen molar-refractivity contribution in [2.75, 3.05) is 6.54 Å². The highest BCUT2D eigenvalue weighted by molar-refractivity contribution is 6.99. The van der Waals surface area contributed by atoms with Crippen LogP contribution in [0.3, 0.4) is 0 Å². The van der Waals surface area contributed by atoms with Crippen molar-refractivity contribution in [3.05, 3.63) is 11.9 Å². The van der Waals surface area contributed by atoms with E-state index in [1.54, 1.807) is 0 Å². The predicted octanol–water partition coefficient (Wildman–Crippen LogP) is 1.85. The van der Waals surface area contributed by atoms with Gasteiger partial charge in [-0.15, -0.1) is 0 Å². The Bertz CT molecular complexity index is 286. The molecule has 2 rings (SSSR count). The lowest BCUT2D eigenvalue weighted by molar-refractivity contribution is 0.293. The van der Waals surface area contributed by atoms with E-state index >= 15 is 0 Å². The maximum atomic E-state index is 5.90. The Morgan fingerprint density at radius 1 is 1.71 bits per heavy atom. The summed E-state index contributed by atoms with van der Waals surface area (Å²) in [5.74, 6) is 0.824. The van der Waals surface area contributed by atoms with Crippen LogP contribution >= 0.6 is 11.7 Å². The molecule has 2 unspecified atom stereocenters. The standard InChI is InChI=1S/C10H17N3S/c1-8-2-3-10(4-8,7-11)5-9-6-12-14-13-9/h6,8H,2-5,7,11H2,1H3. The molecule has 2 N–H and O–H groups in total. The molecule has 14 heavy (non-hydrogen) atoms. The van der Waals surface area contributed by atoms with Crippen LogP contribution in [0.4, 0.5) is 0 Å². The van der Waals surface area contributed by atoms with Gasteiger partial charge in [0.25, 0.3) is 0 Å². The molecule has 0 saturated heterocycles. The maximum absolute atomic E-state index is 5.90. The summed E-state index contributed by atoms with van der Waals surface area (Å²) in [6.07, 6.45) is 6.72. The molecule has 1 fully saturated rings. The van der Waals surface area contributed by atoms with Crippen LogP contribution in [-0.2, 0) is 6.42 Å². The zero-order chi connectivity index (χ0) is 10.0. The minimum atomic E-state index is 0.315. The van der Waals surface area contributed by atoms with Crippen molar-refractivity contribution >= 4 is 11.7 Å². The Hall–Kier alpha value is -0.480. The second kappa shape index (κ2) is 3.95. The number of rotatable bonds is 3. The zero-order valence-electron chi connectivity index (χ0n) is 8.57. The summed E-state index contributed by atoms with van der Waals surface area (Å²) in [5, 5.41) is 0. The summed E-state index contributed by atoms with van der Waals surface area (Å²) < 4.78 is 8.31. The first-order chi connectivity index (χ1) is 6.74. The fraction of sp³-hybridized carbons (Fsp3) is 0.800. The largest absolute Gasteiger partial charge is 0.330 e. The van der Waals surface area contributed by atoms with E-state index < -0.39 is 0 Å². The highest BCUT2D eigenvalue weighted by Crippen LogP contribution is 2.42. The fourth-order valence-corrected chi connectivity index (χ4v) is 2.99. The maximum Gasteiger partial charge on any atom is 0.0749 e. The van der Waals surface area contributed by atoms with Gasteiger partial charge in [0.2, 0.25) is 0 Å². The van der Waals surface area contributed by atoms with Crippen LogP contribution in [0.5, 0.6) is 0 Å². The number of hydrogen-bond donors (Lipinski definition) is 1. The van der Waals surface area contributed by atoms with Crippen molar-refractivity contribution in [3.8, 4) is 0 Å². The lowest BCUT2D eigenvalue weighted by Crippen LogP contribution is -2.30. The molecule has 0 amide bonds. The van der Waals surface area contributed by atoms with E-state index in [0.717, 1.165) is 24.6 Å². The third-order valence-electron chi connectivity index (χ3n) is 3.35. The van der Waals surface area contributed by atoms with Gasteiger partial charge < -0.3 is 5.73 Å². The molecule has 1 aliphatic carbocycles. The third-order valence-corrected chi connectivity index (χ3v) is 3.86. The van der Waals surface area contributed by atoms with Crippen LogP contribution in [0.15, 0.2) is 6.20 Å². The molecule has 1 aliphatic rings. The van der Waals surface area contributed by atoms with Gasteiger partial charge in [0, 0.05) is 0 Å². The molecular weight excluding hydrogens is 194 g/mol. The van der Waals surface area contributed by atoms with Gasteiger partial charge in [0.1, 0.15) is 0 Å². The van der Waals surface area contributed by atoms with E-state index in [1.807, 2.05) is 6.20 Å². The van der Waals surface area contributed by atoms with Crippen molar-refractivity contribution in [1.29, 1.82) is 0 Å². The SMILES string of the molecule is CC1CCC(CN)(Cc2cnsn2)C1. The summed E-state index contributed by atoms with van der Waals surface area (Å²) >= 11 is 1.29. The van der Waals surface area contributed by atoms with Gasteiger partial charge in [-0.25, -0.2) is 0 Å². The van der Waals surface area contributed by atoms with Gasteiger partial charge in [-0.1, -0.05) is 13.3 Å². The van der Waals surface area contributed by atoms with Gasteiger partial charge in [-0.3, -0.25) is 0 Å². The Labute approximate surface area is 89.0 Å². The number of nitrogens with zero attached hydrogens (tertiary/aromatic N) is 2. The average Bonchev–Trinajstić information content (AvgIpc) is 2.77. The highest BCUT2D eigenvalue weighted by Gasteiger charge is 2.36. The van der Waals surface area contributed by atoms with Crippen LogP contribution < -0.4 is 5.73 Å². The first-order valence-electron chi connectivity index (χ1n) is 5.21. The Balaban J connectivity index is 2.06. The third kappa shape index (κ3) is 1.96. The van der Waals surface area contributed by atoms with Crippen molar-refractivity contribution in [2.45, 2.75) is 32.6 Å². The lowest BCUT2D eigenvalue weighted by atomic mass is 9.81. The first kappa shape index (κ1) is 10.1. The number of aromatic nitrogens is 2. The minimum Gasteiger partial charge on any atom is -0.330 e. The molecule has 0 bridgehead atoms. The van der Waals surface area contributed by atoms with E-state index in [0.29, 0.717) is 5.41 Å². The molecule has 3 nitrogen and oxygen atoms in total. The van der Waals surface area contributed by atoms with Gasteiger partial charge >= 0.3 is 0 Å². The number of hydrogen-bond acceptors (Lipinski definition) is 4. The van der Waals surface area contributed by atoms with E-state index in [4.69, 9.17) is 5.73 Å². The van der Waals surface area contributed by atoms with E-state index in [2.05, 4.69) is 15.7 Å². The molecule has 1 aromatic rings. The van der Waals surface area contributed by atoms with E-state index in [9.17, 15) is 0 Å². The van der Waals surface area contributed by atoms with E-state index in [-0.39, 0.29) is 0 Å². The molecule has 1 heterocycles. The van der Waals surface area contributed by atoms with Crippen molar-refractivity contribution in [2.24, 2.45) is 17.1 Å². The minimum absolute atomic E-state index is 0.315. The highest BCUT2D eigenvalue weighted by atomic mass is 32.1. The molecule has 0 spiro atoms. The summed E-state index contributed by atoms with van der Waals surface area (Å²) in [5.41, 5.74) is 7.34. The van der Waals surface area contributed by atoms with Crippen LogP contribution in [-0.4, -0.2) is 15.3 Å². The van der Waals surface area contributed by atoms with Crippen LogP contribution in [0.25, 0.3) is 0 Å². The molecule has 2 atom stereocenters. The summed E-state index contributed by atoms with van der Waals surface area (Å²) in [6, 6.07) is 0. The van der Waals surface area contributed by atoms with Gasteiger partial charge in [-0.05, 0) is 37.1 Å². The van der Waals surface area contributed by atoms with E-state index in [1.165, 1.54) is 31.0 Å². The smallest absolute Gasteiger partial charge is 0.0749 e. The van der Waals surface area contributed by atoms with Gasteiger partial charge in [0.05, 0.1) is 23.6 Å². The van der Waals surface area contributed by atoms with Crippen molar-refractivity contribution in [1.82, 2.24) is 8.75 Å². The molecule has 0 aromatic carbocycles. The first-order valence-corrected chi connectivity index (χ1v) is 5.94. The quantitative estimate of drug-likeness (QED) is 0.830. The Kier molecular flexibility index (Phi) is 2.83. The molecule has 1 aromatic heterocycles. The number of nitrogens with two attached hydrogens (primary N) is 1. The second-order valence-electron chi connectivity index (χ2n) is 4.63. The molecule has 4 heteroatoms. The normalized spacial score (nSPS) is 32.3. The van der Waals surface area contributed by atoms with Crippen molar-refractivity contribution in [3.63, 3.8) is 0 Å². The summed E-state index contributed by atoms with van der Waals surface area (Å²) in [4.78, 5) is 0. The summed E-state index contributed by atoms with van der Waals surface area (Å²) in [6.45, 7) is 3.10. The van der Waals surface area contributed by atoms with Crippen LogP contribution in [0.1, 0.15) is 31.9 Å². The molecule has 0 aliphatic heterocycles. The van der Waals surface area contributed by atoms with Gasteiger partial charge in [0.15, 0.2) is 0 Å². The van der Waals surface area contributed by atoms with Crippen molar-refractivity contribution < 1.29 is 0 Å². The second-order valence-corrected chi connectivity index (χ2v) is 5.18. The predicted molar refractivity (Wildman–Crippen MR) is 58.1 cm³/mol. The molecular formula is C10H17N3S. The van der Waals surface area contributed by atoms with Crippen LogP contribution in [0, 0.1) is 11.3 Å². The lowest BCUT2D eigenvalue weighted by Gasteiger charge is -2.26. The topological polar surface area (TPSA) is 51.8 Å². The Morgan fingerprint density at radius 3 is 3.07 bits per heavy atom. The van der Waals surface area contributed by atoms with Crippen LogP contribution in [0.2, 0.25) is 0 Å². The molecule has 1 saturated carbocycles. The monoisotopic (exact) mass is 211 g/mol. The van der Waals surface area contributed by atoms with Gasteiger partial charge in [-0.2, -0.15) is 8.75 Å². The molecule has 78 valence electrons. The average molecular weight is 211 g/mol. The Morgan fingerprint density at radius 2 is 2.57 bits per heavy atom.